The van der Waals surface area contributed by atoms with Gasteiger partial charge in [0.15, 0.2) is 6.10 Å². The highest BCUT2D eigenvalue weighted by Gasteiger charge is 2.19. The third-order valence-electron chi connectivity index (χ3n) is 12.6. The highest BCUT2D eigenvalue weighted by Crippen LogP contribution is 2.18. The van der Waals surface area contributed by atoms with Crippen molar-refractivity contribution in [3.8, 4) is 0 Å². The van der Waals surface area contributed by atoms with Crippen LogP contribution in [0.3, 0.4) is 0 Å². The SMILES string of the molecule is CCCCCCCCCCCCCCCCC(=O)O[C@@H](COC(=O)CCCCCCCCCCCCCCCCCC(C)C)COC(=O)CCCCCCCCC(C)CC. The Bertz CT molecular complexity index is 918. The molecule has 0 aromatic heterocycles. The first-order chi connectivity index (χ1) is 29.3. The van der Waals surface area contributed by atoms with E-state index in [1.807, 2.05) is 0 Å². The van der Waals surface area contributed by atoms with Crippen molar-refractivity contribution in [2.24, 2.45) is 11.8 Å². The molecule has 6 nitrogen and oxygen atoms in total. The van der Waals surface area contributed by atoms with Crippen molar-refractivity contribution in [1.82, 2.24) is 0 Å². The molecule has 0 amide bonds. The van der Waals surface area contributed by atoms with Crippen molar-refractivity contribution in [3.05, 3.63) is 0 Å². The summed E-state index contributed by atoms with van der Waals surface area (Å²) in [5, 5.41) is 0. The van der Waals surface area contributed by atoms with Crippen LogP contribution in [0.5, 0.6) is 0 Å². The molecule has 6 heteroatoms. The summed E-state index contributed by atoms with van der Waals surface area (Å²) in [4.78, 5) is 37.9. The molecular weight excluding hydrogens is 745 g/mol. The minimum atomic E-state index is -0.762. The molecule has 0 aromatic carbocycles. The molecule has 1 unspecified atom stereocenters. The number of unbranched alkanes of at least 4 members (excludes halogenated alkanes) is 32. The Hall–Kier alpha value is -1.59. The van der Waals surface area contributed by atoms with Crippen molar-refractivity contribution >= 4 is 17.9 Å². The Kier molecular flexibility index (Phi) is 45.7. The van der Waals surface area contributed by atoms with Crippen LogP contribution in [-0.4, -0.2) is 37.2 Å². The molecule has 0 rings (SSSR count). The van der Waals surface area contributed by atoms with Crippen LogP contribution in [0.2, 0.25) is 0 Å². The normalized spacial score (nSPS) is 12.5. The molecule has 60 heavy (non-hydrogen) atoms. The Morgan fingerprint density at radius 2 is 0.633 bits per heavy atom. The minimum absolute atomic E-state index is 0.0639. The van der Waals surface area contributed by atoms with Gasteiger partial charge in [-0.2, -0.15) is 0 Å². The molecule has 0 bridgehead atoms. The fraction of sp³-hybridized carbons (Fsp3) is 0.944. The third-order valence-corrected chi connectivity index (χ3v) is 12.6. The van der Waals surface area contributed by atoms with Gasteiger partial charge in [-0.15, -0.1) is 0 Å². The van der Waals surface area contributed by atoms with Crippen molar-refractivity contribution < 1.29 is 28.6 Å². The van der Waals surface area contributed by atoms with Gasteiger partial charge >= 0.3 is 17.9 Å². The first-order valence-corrected chi connectivity index (χ1v) is 26.8. The fourth-order valence-corrected chi connectivity index (χ4v) is 8.13. The molecule has 0 fully saturated rings. The Morgan fingerprint density at radius 1 is 0.350 bits per heavy atom. The van der Waals surface area contributed by atoms with Crippen molar-refractivity contribution in [1.29, 1.82) is 0 Å². The second kappa shape index (κ2) is 46.9. The van der Waals surface area contributed by atoms with Gasteiger partial charge in [0.05, 0.1) is 0 Å². The van der Waals surface area contributed by atoms with E-state index in [1.54, 1.807) is 0 Å². The number of hydrogen-bond donors (Lipinski definition) is 0. The van der Waals surface area contributed by atoms with Gasteiger partial charge in [-0.1, -0.05) is 259 Å². The molecule has 0 saturated heterocycles. The maximum Gasteiger partial charge on any atom is 0.306 e. The van der Waals surface area contributed by atoms with Crippen LogP contribution in [-0.2, 0) is 28.6 Å². The van der Waals surface area contributed by atoms with E-state index in [0.29, 0.717) is 19.3 Å². The van der Waals surface area contributed by atoms with Crippen LogP contribution in [0.4, 0.5) is 0 Å². The number of hydrogen-bond acceptors (Lipinski definition) is 6. The van der Waals surface area contributed by atoms with Gasteiger partial charge in [-0.05, 0) is 31.1 Å². The highest BCUT2D eigenvalue weighted by atomic mass is 16.6. The number of esters is 3. The number of ether oxygens (including phenoxy) is 3. The van der Waals surface area contributed by atoms with Gasteiger partial charge in [-0.25, -0.2) is 0 Å². The summed E-state index contributed by atoms with van der Waals surface area (Å²) in [5.74, 6) is 0.815. The maximum absolute atomic E-state index is 12.8. The van der Waals surface area contributed by atoms with Crippen molar-refractivity contribution in [2.45, 2.75) is 304 Å². The number of rotatable bonds is 48. The van der Waals surface area contributed by atoms with Crippen molar-refractivity contribution in [2.75, 3.05) is 13.2 Å². The zero-order chi connectivity index (χ0) is 44.0. The Balaban J connectivity index is 4.26. The molecule has 0 radical (unpaired) electrons. The molecule has 356 valence electrons. The average molecular weight is 849 g/mol. The molecule has 0 aliphatic rings. The predicted molar refractivity (Wildman–Crippen MR) is 256 cm³/mol. The van der Waals surface area contributed by atoms with E-state index in [2.05, 4.69) is 34.6 Å². The molecule has 2 atom stereocenters. The molecule has 0 aliphatic carbocycles. The van der Waals surface area contributed by atoms with Crippen LogP contribution >= 0.6 is 0 Å². The maximum atomic E-state index is 12.8. The topological polar surface area (TPSA) is 78.9 Å². The van der Waals surface area contributed by atoms with Crippen LogP contribution in [0.25, 0.3) is 0 Å². The fourth-order valence-electron chi connectivity index (χ4n) is 8.13. The predicted octanol–water partition coefficient (Wildman–Crippen LogP) is 17.3. The summed E-state index contributed by atoms with van der Waals surface area (Å²) in [6, 6.07) is 0. The number of carbonyl (C=O) groups is 3. The number of carbonyl (C=O) groups excluding carboxylic acids is 3. The zero-order valence-corrected chi connectivity index (χ0v) is 41.1. The first kappa shape index (κ1) is 58.4. The molecular formula is C54H104O6. The van der Waals surface area contributed by atoms with Gasteiger partial charge in [0, 0.05) is 19.3 Å². The molecule has 0 N–H and O–H groups in total. The minimum Gasteiger partial charge on any atom is -0.462 e. The van der Waals surface area contributed by atoms with E-state index in [0.717, 1.165) is 69.6 Å². The second-order valence-corrected chi connectivity index (χ2v) is 19.2. The van der Waals surface area contributed by atoms with Gasteiger partial charge in [-0.3, -0.25) is 14.4 Å². The first-order valence-electron chi connectivity index (χ1n) is 26.8. The molecule has 0 saturated carbocycles. The Morgan fingerprint density at radius 3 is 0.950 bits per heavy atom. The summed E-state index contributed by atoms with van der Waals surface area (Å²) < 4.78 is 16.8. The van der Waals surface area contributed by atoms with E-state index < -0.39 is 6.10 Å². The zero-order valence-electron chi connectivity index (χ0n) is 41.1. The lowest BCUT2D eigenvalue weighted by Crippen LogP contribution is -2.30. The van der Waals surface area contributed by atoms with Gasteiger partial charge in [0.1, 0.15) is 13.2 Å². The van der Waals surface area contributed by atoms with Gasteiger partial charge in [0.25, 0.3) is 0 Å². The van der Waals surface area contributed by atoms with Crippen LogP contribution in [0.15, 0.2) is 0 Å². The summed E-state index contributed by atoms with van der Waals surface area (Å²) >= 11 is 0. The van der Waals surface area contributed by atoms with E-state index in [1.165, 1.54) is 186 Å². The average Bonchev–Trinajstić information content (AvgIpc) is 3.23. The van der Waals surface area contributed by atoms with E-state index in [9.17, 15) is 14.4 Å². The van der Waals surface area contributed by atoms with Gasteiger partial charge in [0.2, 0.25) is 0 Å². The molecule has 0 spiro atoms. The van der Waals surface area contributed by atoms with Gasteiger partial charge < -0.3 is 14.2 Å². The lowest BCUT2D eigenvalue weighted by Gasteiger charge is -2.18. The largest absolute Gasteiger partial charge is 0.462 e. The summed E-state index contributed by atoms with van der Waals surface area (Å²) in [5.41, 5.74) is 0. The van der Waals surface area contributed by atoms with Crippen LogP contribution in [0, 0.1) is 11.8 Å². The summed E-state index contributed by atoms with van der Waals surface area (Å²) in [6.07, 6.45) is 48.1. The van der Waals surface area contributed by atoms with Crippen molar-refractivity contribution in [3.63, 3.8) is 0 Å². The monoisotopic (exact) mass is 849 g/mol. The Labute approximate surface area is 374 Å². The third kappa shape index (κ3) is 45.9. The lowest BCUT2D eigenvalue weighted by atomic mass is 10.00. The smallest absolute Gasteiger partial charge is 0.306 e. The molecule has 0 aromatic rings. The standard InChI is InChI=1S/C54H104O6/c1-6-8-9-10-11-12-13-14-19-23-26-29-36-41-46-54(57)60-51(48-59-53(56)45-40-35-31-30-33-38-43-50(5)7-2)47-58-52(55)44-39-34-28-25-22-20-17-15-16-18-21-24-27-32-37-42-49(3)4/h49-51H,6-48H2,1-5H3/t50?,51-/m0/s1. The second-order valence-electron chi connectivity index (χ2n) is 19.2. The summed E-state index contributed by atoms with van der Waals surface area (Å²) in [7, 11) is 0. The quantitative estimate of drug-likeness (QED) is 0.0345. The molecule has 0 aliphatic heterocycles. The van der Waals surface area contributed by atoms with E-state index >= 15 is 0 Å². The molecule has 0 heterocycles. The lowest BCUT2D eigenvalue weighted by molar-refractivity contribution is -0.167. The van der Waals surface area contributed by atoms with Crippen LogP contribution < -0.4 is 0 Å². The summed E-state index contributed by atoms with van der Waals surface area (Å²) in [6.45, 7) is 11.4. The van der Waals surface area contributed by atoms with E-state index in [4.69, 9.17) is 14.2 Å². The highest BCUT2D eigenvalue weighted by molar-refractivity contribution is 5.71. The van der Waals surface area contributed by atoms with E-state index in [-0.39, 0.29) is 31.1 Å². The van der Waals surface area contributed by atoms with Crippen LogP contribution in [0.1, 0.15) is 298 Å².